The average Bonchev–Trinajstić information content (AvgIpc) is 3.54. The first kappa shape index (κ1) is 14.8. The Morgan fingerprint density at radius 3 is 1.57 bits per heavy atom. The van der Waals surface area contributed by atoms with E-state index in [1.807, 2.05) is 12.1 Å². The van der Waals surface area contributed by atoms with E-state index in [-0.39, 0.29) is 5.92 Å². The molecule has 8 atom stereocenters. The lowest BCUT2D eigenvalue weighted by Gasteiger charge is -2.42. The number of para-hydroxylation sites is 2. The molecular weight excluding hydrogens is 372 g/mol. The van der Waals surface area contributed by atoms with Gasteiger partial charge >= 0.3 is 0 Å². The van der Waals surface area contributed by atoms with Gasteiger partial charge in [-0.1, -0.05) is 36.4 Å². The molecule has 0 radical (unpaired) electrons. The van der Waals surface area contributed by atoms with Crippen LogP contribution in [0.4, 0.5) is 0 Å². The number of benzene rings is 2. The van der Waals surface area contributed by atoms with Crippen LogP contribution in [0.25, 0.3) is 0 Å². The van der Waals surface area contributed by atoms with Crippen molar-refractivity contribution in [2.45, 2.75) is 11.5 Å². The van der Waals surface area contributed by atoms with Crippen LogP contribution in [0, 0.1) is 71.0 Å². The molecule has 0 spiro atoms. The Hall–Kier alpha value is -2.13. The van der Waals surface area contributed by atoms with E-state index in [1.165, 1.54) is 11.1 Å². The number of rotatable bonds is 1. The Bertz CT molecular complexity index is 1110. The van der Waals surface area contributed by atoms with Gasteiger partial charge in [-0.2, -0.15) is 0 Å². The second-order valence-electron chi connectivity index (χ2n) is 11.6. The van der Waals surface area contributed by atoms with Crippen LogP contribution in [0.3, 0.4) is 0 Å². The summed E-state index contributed by atoms with van der Waals surface area (Å²) in [5.41, 5.74) is 1.65. The van der Waals surface area contributed by atoms with Crippen molar-refractivity contribution in [2.75, 3.05) is 0 Å². The number of ketones is 1. The standard InChI is InChI=1S/C27H22O3/c28-26-21-13-14-18-20-16(22(14)26)15(21)19-17(13)24(18)27(29,25(19)20)23-9-5-1-3-7-11(9)30-12-8-4-2-6-10(12)23/h1-8,13-25,29H. The molecule has 9 aliphatic rings. The van der Waals surface area contributed by atoms with Gasteiger partial charge in [0, 0.05) is 28.9 Å². The molecule has 1 aliphatic heterocycles. The van der Waals surface area contributed by atoms with Gasteiger partial charge < -0.3 is 9.84 Å². The molecular formula is C27H22O3. The molecule has 4 bridgehead atoms. The molecule has 3 nitrogen and oxygen atoms in total. The van der Waals surface area contributed by atoms with E-state index in [0.29, 0.717) is 76.8 Å². The first-order valence-electron chi connectivity index (χ1n) is 11.8. The zero-order valence-corrected chi connectivity index (χ0v) is 16.4. The van der Waals surface area contributed by atoms with Crippen molar-refractivity contribution in [3.8, 4) is 11.5 Å². The van der Waals surface area contributed by atoms with Crippen molar-refractivity contribution in [3.63, 3.8) is 0 Å². The van der Waals surface area contributed by atoms with E-state index in [2.05, 4.69) is 36.4 Å². The van der Waals surface area contributed by atoms with Crippen LogP contribution in [0.5, 0.6) is 11.5 Å². The van der Waals surface area contributed by atoms with Crippen molar-refractivity contribution < 1.29 is 14.6 Å². The molecule has 2 aromatic rings. The SMILES string of the molecule is O=C1C2C3C4C1C1C2C2C3C3C4C1C2C3(O)C1c2ccccc2Oc2ccccc21. The smallest absolute Gasteiger partial charge is 0.140 e. The summed E-state index contributed by atoms with van der Waals surface area (Å²) < 4.78 is 6.28. The van der Waals surface area contributed by atoms with Gasteiger partial charge in [0.25, 0.3) is 0 Å². The topological polar surface area (TPSA) is 46.5 Å². The number of carbonyl (C=O) groups is 1. The lowest BCUT2D eigenvalue weighted by Crippen LogP contribution is -2.45. The van der Waals surface area contributed by atoms with Gasteiger partial charge in [-0.15, -0.1) is 0 Å². The highest BCUT2D eigenvalue weighted by atomic mass is 16.5. The van der Waals surface area contributed by atoms with Crippen molar-refractivity contribution in [2.24, 2.45) is 71.0 Å². The molecule has 8 saturated carbocycles. The Labute approximate surface area is 174 Å². The molecule has 8 unspecified atom stereocenters. The third-order valence-corrected chi connectivity index (χ3v) is 11.7. The molecule has 30 heavy (non-hydrogen) atoms. The summed E-state index contributed by atoms with van der Waals surface area (Å²) in [4.78, 5) is 13.1. The summed E-state index contributed by atoms with van der Waals surface area (Å²) in [6, 6.07) is 16.7. The van der Waals surface area contributed by atoms with Gasteiger partial charge in [0.1, 0.15) is 17.3 Å². The number of Topliss-reactive ketones (excluding diaryl/α,β-unsaturated/α-hetero) is 1. The van der Waals surface area contributed by atoms with Crippen LogP contribution in [0.1, 0.15) is 17.0 Å². The summed E-state index contributed by atoms with van der Waals surface area (Å²) in [5.74, 6) is 8.82. The Balaban J connectivity index is 1.25. The molecule has 8 aliphatic carbocycles. The van der Waals surface area contributed by atoms with Gasteiger partial charge in [-0.3, -0.25) is 4.79 Å². The van der Waals surface area contributed by atoms with E-state index in [4.69, 9.17) is 4.74 Å². The van der Waals surface area contributed by atoms with Crippen molar-refractivity contribution >= 4 is 5.78 Å². The normalized spacial score (nSPS) is 57.8. The molecule has 148 valence electrons. The fraction of sp³-hybridized carbons (Fsp3) is 0.519. The van der Waals surface area contributed by atoms with E-state index < -0.39 is 5.60 Å². The highest BCUT2D eigenvalue weighted by Crippen LogP contribution is 2.94. The number of aliphatic hydroxyl groups is 1. The lowest BCUT2D eigenvalue weighted by atomic mass is 9.68. The monoisotopic (exact) mass is 394 g/mol. The predicted molar refractivity (Wildman–Crippen MR) is 107 cm³/mol. The van der Waals surface area contributed by atoms with Gasteiger partial charge in [0.15, 0.2) is 0 Å². The highest BCUT2D eigenvalue weighted by Gasteiger charge is 2.96. The fourth-order valence-electron chi connectivity index (χ4n) is 12.1. The summed E-state index contributed by atoms with van der Waals surface area (Å²) in [6.45, 7) is 0. The number of hydrogen-bond acceptors (Lipinski definition) is 3. The minimum Gasteiger partial charge on any atom is -0.457 e. The Morgan fingerprint density at radius 1 is 0.667 bits per heavy atom. The second-order valence-corrected chi connectivity index (χ2v) is 11.6. The van der Waals surface area contributed by atoms with Gasteiger partial charge in [0.05, 0.1) is 5.60 Å². The third kappa shape index (κ3) is 1.08. The quantitative estimate of drug-likeness (QED) is 0.802. The van der Waals surface area contributed by atoms with Crippen LogP contribution >= 0.6 is 0 Å². The van der Waals surface area contributed by atoms with E-state index in [1.54, 1.807) is 0 Å². The van der Waals surface area contributed by atoms with E-state index >= 15 is 0 Å². The van der Waals surface area contributed by atoms with Gasteiger partial charge in [-0.25, -0.2) is 0 Å². The summed E-state index contributed by atoms with van der Waals surface area (Å²) in [5, 5.41) is 12.9. The zero-order valence-electron chi connectivity index (χ0n) is 16.4. The van der Waals surface area contributed by atoms with Crippen LogP contribution in [-0.2, 0) is 4.79 Å². The molecule has 3 heteroatoms. The Morgan fingerprint density at radius 2 is 1.10 bits per heavy atom. The highest BCUT2D eigenvalue weighted by molar-refractivity contribution is 5.92. The van der Waals surface area contributed by atoms with E-state index in [9.17, 15) is 9.90 Å². The van der Waals surface area contributed by atoms with Crippen LogP contribution in [0.15, 0.2) is 48.5 Å². The molecule has 0 aromatic heterocycles. The number of ether oxygens (including phenoxy) is 1. The molecule has 2 aromatic carbocycles. The summed E-state index contributed by atoms with van der Waals surface area (Å²) >= 11 is 0. The molecule has 11 rings (SSSR count). The first-order chi connectivity index (χ1) is 14.7. The maximum atomic E-state index is 13.1. The predicted octanol–water partition coefficient (Wildman–Crippen LogP) is 3.71. The molecule has 0 saturated heterocycles. The summed E-state index contributed by atoms with van der Waals surface area (Å²) in [6.07, 6.45) is 0. The van der Waals surface area contributed by atoms with Crippen molar-refractivity contribution in [1.82, 2.24) is 0 Å². The van der Waals surface area contributed by atoms with Crippen LogP contribution < -0.4 is 4.74 Å². The largest absolute Gasteiger partial charge is 0.457 e. The molecule has 1 N–H and O–H groups in total. The maximum Gasteiger partial charge on any atom is 0.140 e. The van der Waals surface area contributed by atoms with Gasteiger partial charge in [-0.05, 0) is 71.3 Å². The van der Waals surface area contributed by atoms with E-state index in [0.717, 1.165) is 11.5 Å². The Kier molecular flexibility index (Phi) is 1.98. The maximum absolute atomic E-state index is 13.1. The lowest BCUT2D eigenvalue weighted by molar-refractivity contribution is -0.123. The number of fused-ring (bicyclic) bond motifs is 2. The second kappa shape index (κ2) is 4.02. The molecule has 8 fully saturated rings. The zero-order chi connectivity index (χ0) is 19.3. The molecule has 0 amide bonds. The third-order valence-electron chi connectivity index (χ3n) is 11.7. The minimum absolute atomic E-state index is 0.00400. The molecule has 1 heterocycles. The van der Waals surface area contributed by atoms with Crippen LogP contribution in [-0.4, -0.2) is 16.5 Å². The fourth-order valence-corrected chi connectivity index (χ4v) is 12.1. The van der Waals surface area contributed by atoms with Crippen LogP contribution in [0.2, 0.25) is 0 Å². The minimum atomic E-state index is -0.684. The van der Waals surface area contributed by atoms with Crippen molar-refractivity contribution in [1.29, 1.82) is 0 Å². The average molecular weight is 394 g/mol. The number of hydrogen-bond donors (Lipinski definition) is 1. The van der Waals surface area contributed by atoms with Crippen molar-refractivity contribution in [3.05, 3.63) is 59.7 Å². The first-order valence-corrected chi connectivity index (χ1v) is 11.8. The number of carbonyl (C=O) groups excluding carboxylic acids is 1. The van der Waals surface area contributed by atoms with Gasteiger partial charge in [0.2, 0.25) is 0 Å². The summed E-state index contributed by atoms with van der Waals surface area (Å²) in [7, 11) is 0.